The van der Waals surface area contributed by atoms with Crippen LogP contribution in [0.3, 0.4) is 0 Å². The monoisotopic (exact) mass is 287 g/mol. The second-order valence-electron chi connectivity index (χ2n) is 4.77. The second kappa shape index (κ2) is 6.47. The summed E-state index contributed by atoms with van der Waals surface area (Å²) in [4.78, 5) is 0. The molecule has 2 heterocycles. The van der Waals surface area contributed by atoms with Gasteiger partial charge in [-0.15, -0.1) is 0 Å². The van der Waals surface area contributed by atoms with E-state index >= 15 is 0 Å². The van der Waals surface area contributed by atoms with Crippen LogP contribution in [0.25, 0.3) is 0 Å². The van der Waals surface area contributed by atoms with Crippen molar-refractivity contribution in [2.45, 2.75) is 19.4 Å². The minimum atomic E-state index is -3.39. The topological polar surface area (TPSA) is 93.2 Å². The van der Waals surface area contributed by atoms with Crippen molar-refractivity contribution < 1.29 is 8.42 Å². The van der Waals surface area contributed by atoms with E-state index in [1.807, 2.05) is 6.07 Å². The van der Waals surface area contributed by atoms with Gasteiger partial charge >= 0.3 is 0 Å². The van der Waals surface area contributed by atoms with Crippen LogP contribution in [0.1, 0.15) is 12.8 Å². The van der Waals surface area contributed by atoms with Crippen LogP contribution < -0.4 is 10.5 Å². The maximum atomic E-state index is 12.1. The molecule has 0 radical (unpaired) electrons. The molecule has 0 bridgehead atoms. The molecule has 0 aromatic carbocycles. The number of piperidine rings is 1. The highest BCUT2D eigenvalue weighted by Crippen LogP contribution is 2.17. The average Bonchev–Trinajstić information content (AvgIpc) is 2.92. The number of hydrogen-bond donors (Lipinski definition) is 2. The molecule has 8 heteroatoms. The zero-order valence-electron chi connectivity index (χ0n) is 10.9. The van der Waals surface area contributed by atoms with Gasteiger partial charge in [0.1, 0.15) is 0 Å². The van der Waals surface area contributed by atoms with Crippen molar-refractivity contribution in [3.05, 3.63) is 18.5 Å². The Morgan fingerprint density at radius 3 is 3.00 bits per heavy atom. The summed E-state index contributed by atoms with van der Waals surface area (Å²) < 4.78 is 30.0. The summed E-state index contributed by atoms with van der Waals surface area (Å²) in [6.45, 7) is 2.51. The Labute approximate surface area is 113 Å². The van der Waals surface area contributed by atoms with Crippen molar-refractivity contribution in [1.29, 1.82) is 0 Å². The Kier molecular flexibility index (Phi) is 4.92. The van der Waals surface area contributed by atoms with Crippen molar-refractivity contribution in [3.8, 4) is 0 Å². The number of nitrogens with one attached hydrogen (secondary N) is 1. The molecule has 3 N–H and O–H groups in total. The van der Waals surface area contributed by atoms with Gasteiger partial charge in [0, 0.05) is 32.0 Å². The fourth-order valence-electron chi connectivity index (χ4n) is 2.25. The minimum Gasteiger partial charge on any atom is -0.330 e. The van der Waals surface area contributed by atoms with Gasteiger partial charge in [-0.05, 0) is 31.4 Å². The first kappa shape index (κ1) is 14.4. The molecule has 0 saturated carbocycles. The van der Waals surface area contributed by atoms with Gasteiger partial charge in [0.2, 0.25) is 0 Å². The summed E-state index contributed by atoms with van der Waals surface area (Å²) in [6.07, 6.45) is 5.36. The lowest BCUT2D eigenvalue weighted by atomic mass is 10.0. The number of hydrogen-bond acceptors (Lipinski definition) is 4. The Hall–Kier alpha value is -0.960. The highest BCUT2D eigenvalue weighted by atomic mass is 32.2. The van der Waals surface area contributed by atoms with Crippen molar-refractivity contribution >= 4 is 10.2 Å². The predicted octanol–water partition coefficient (Wildman–Crippen LogP) is -0.612. The standard InChI is InChI=1S/C11H21N5O2S/c12-9-11-3-1-7-16(10-11)19(17,18)14-5-8-15-6-2-4-13-15/h2,4,6,11,14H,1,3,5,7-10,12H2. The quantitative estimate of drug-likeness (QED) is 0.730. The van der Waals surface area contributed by atoms with Crippen LogP contribution in [-0.2, 0) is 16.8 Å². The molecule has 7 nitrogen and oxygen atoms in total. The van der Waals surface area contributed by atoms with Crippen molar-refractivity contribution in [2.24, 2.45) is 11.7 Å². The number of rotatable bonds is 6. The number of nitrogens with zero attached hydrogens (tertiary/aromatic N) is 3. The van der Waals surface area contributed by atoms with Gasteiger partial charge in [0.15, 0.2) is 0 Å². The first-order valence-electron chi connectivity index (χ1n) is 6.54. The molecule has 0 aliphatic carbocycles. The SMILES string of the molecule is NCC1CCCN(S(=O)(=O)NCCn2cccn2)C1. The molecule has 1 aromatic rings. The van der Waals surface area contributed by atoms with Crippen LogP contribution in [0.5, 0.6) is 0 Å². The van der Waals surface area contributed by atoms with Crippen LogP contribution in [0.2, 0.25) is 0 Å². The summed E-state index contributed by atoms with van der Waals surface area (Å²) >= 11 is 0. The van der Waals surface area contributed by atoms with Gasteiger partial charge in [-0.1, -0.05) is 0 Å². The molecule has 2 rings (SSSR count). The van der Waals surface area contributed by atoms with Crippen LogP contribution in [0.4, 0.5) is 0 Å². The summed E-state index contributed by atoms with van der Waals surface area (Å²) in [5, 5.41) is 4.03. The third-order valence-corrected chi connectivity index (χ3v) is 4.92. The fraction of sp³-hybridized carbons (Fsp3) is 0.727. The lowest BCUT2D eigenvalue weighted by Gasteiger charge is -2.31. The van der Waals surface area contributed by atoms with Crippen LogP contribution in [0.15, 0.2) is 18.5 Å². The van der Waals surface area contributed by atoms with Crippen LogP contribution in [0, 0.1) is 5.92 Å². The first-order valence-corrected chi connectivity index (χ1v) is 7.98. The first-order chi connectivity index (χ1) is 9.12. The van der Waals surface area contributed by atoms with Crippen molar-refractivity contribution in [3.63, 3.8) is 0 Å². The molecular formula is C11H21N5O2S. The molecule has 108 valence electrons. The Balaban J connectivity index is 1.83. The maximum absolute atomic E-state index is 12.1. The van der Waals surface area contributed by atoms with E-state index in [1.165, 1.54) is 4.31 Å². The molecule has 1 atom stereocenters. The molecule has 1 aliphatic heterocycles. The molecule has 1 fully saturated rings. The molecule has 0 spiro atoms. The minimum absolute atomic E-state index is 0.274. The van der Waals surface area contributed by atoms with Gasteiger partial charge in [-0.3, -0.25) is 4.68 Å². The highest BCUT2D eigenvalue weighted by molar-refractivity contribution is 7.87. The molecule has 1 saturated heterocycles. The van der Waals surface area contributed by atoms with Gasteiger partial charge in [-0.25, -0.2) is 4.72 Å². The van der Waals surface area contributed by atoms with Crippen molar-refractivity contribution in [1.82, 2.24) is 18.8 Å². The Morgan fingerprint density at radius 2 is 2.32 bits per heavy atom. The normalized spacial score (nSPS) is 21.6. The third-order valence-electron chi connectivity index (χ3n) is 3.34. The molecule has 1 unspecified atom stereocenters. The lowest BCUT2D eigenvalue weighted by molar-refractivity contribution is 0.268. The summed E-state index contributed by atoms with van der Waals surface area (Å²) in [5.41, 5.74) is 5.62. The van der Waals surface area contributed by atoms with Crippen LogP contribution >= 0.6 is 0 Å². The third kappa shape index (κ3) is 4.00. The van der Waals surface area contributed by atoms with E-state index in [-0.39, 0.29) is 5.92 Å². The largest absolute Gasteiger partial charge is 0.330 e. The Morgan fingerprint density at radius 1 is 1.47 bits per heavy atom. The Bertz CT molecular complexity index is 473. The number of aromatic nitrogens is 2. The second-order valence-corrected chi connectivity index (χ2v) is 6.53. The molecule has 0 amide bonds. The maximum Gasteiger partial charge on any atom is 0.279 e. The summed E-state index contributed by atoms with van der Waals surface area (Å²) in [6, 6.07) is 1.81. The van der Waals surface area contributed by atoms with Gasteiger partial charge in [0.05, 0.1) is 6.54 Å². The van der Waals surface area contributed by atoms with E-state index < -0.39 is 10.2 Å². The van der Waals surface area contributed by atoms with Gasteiger partial charge in [0.25, 0.3) is 10.2 Å². The van der Waals surface area contributed by atoms with E-state index in [0.717, 1.165) is 12.8 Å². The zero-order valence-corrected chi connectivity index (χ0v) is 11.7. The zero-order chi connectivity index (χ0) is 13.7. The predicted molar refractivity (Wildman–Crippen MR) is 72.5 cm³/mol. The van der Waals surface area contributed by atoms with Crippen molar-refractivity contribution in [2.75, 3.05) is 26.2 Å². The molecule has 1 aromatic heterocycles. The molecular weight excluding hydrogens is 266 g/mol. The van der Waals surface area contributed by atoms with E-state index in [9.17, 15) is 8.42 Å². The average molecular weight is 287 g/mol. The number of nitrogens with two attached hydrogens (primary N) is 1. The van der Waals surface area contributed by atoms with E-state index in [4.69, 9.17) is 5.73 Å². The van der Waals surface area contributed by atoms with E-state index in [1.54, 1.807) is 17.1 Å². The van der Waals surface area contributed by atoms with Gasteiger partial charge in [-0.2, -0.15) is 17.8 Å². The molecule has 19 heavy (non-hydrogen) atoms. The summed E-state index contributed by atoms with van der Waals surface area (Å²) in [5.74, 6) is 0.274. The van der Waals surface area contributed by atoms with Crippen LogP contribution in [-0.4, -0.2) is 48.7 Å². The smallest absolute Gasteiger partial charge is 0.279 e. The lowest BCUT2D eigenvalue weighted by Crippen LogP contribution is -2.47. The highest BCUT2D eigenvalue weighted by Gasteiger charge is 2.27. The van der Waals surface area contributed by atoms with E-state index in [0.29, 0.717) is 32.7 Å². The fourth-order valence-corrected chi connectivity index (χ4v) is 3.56. The van der Waals surface area contributed by atoms with E-state index in [2.05, 4.69) is 9.82 Å². The van der Waals surface area contributed by atoms with Gasteiger partial charge < -0.3 is 5.73 Å². The molecule has 1 aliphatic rings. The summed E-state index contributed by atoms with van der Waals surface area (Å²) in [7, 11) is -3.39.